The molecule has 0 aliphatic carbocycles. The third kappa shape index (κ3) is 1.94. The standard InChI is InChI=1S/C8H9BrO4/c9-7-2-1-6(13-7)8-11-4-5(3-10)12-8/h1-2,5,8,10H,3-4H2. The van der Waals surface area contributed by atoms with Crippen LogP contribution in [0.5, 0.6) is 0 Å². The molecule has 0 radical (unpaired) electrons. The molecule has 2 rings (SSSR count). The van der Waals surface area contributed by atoms with E-state index in [-0.39, 0.29) is 12.7 Å². The number of aliphatic hydroxyl groups excluding tert-OH is 1. The van der Waals surface area contributed by atoms with Crippen LogP contribution >= 0.6 is 15.9 Å². The van der Waals surface area contributed by atoms with Crippen molar-refractivity contribution in [1.29, 1.82) is 0 Å². The van der Waals surface area contributed by atoms with Crippen molar-refractivity contribution in [3.05, 3.63) is 22.6 Å². The summed E-state index contributed by atoms with van der Waals surface area (Å²) < 4.78 is 16.5. The summed E-state index contributed by atoms with van der Waals surface area (Å²) in [6, 6.07) is 3.54. The molecule has 2 heterocycles. The van der Waals surface area contributed by atoms with Crippen LogP contribution in [0.15, 0.2) is 21.2 Å². The van der Waals surface area contributed by atoms with Crippen molar-refractivity contribution in [3.8, 4) is 0 Å². The Hall–Kier alpha value is -0.360. The molecule has 13 heavy (non-hydrogen) atoms. The second kappa shape index (κ2) is 3.79. The molecule has 0 aromatic carbocycles. The van der Waals surface area contributed by atoms with Gasteiger partial charge in [-0.05, 0) is 28.1 Å². The van der Waals surface area contributed by atoms with Crippen molar-refractivity contribution in [2.24, 2.45) is 0 Å². The highest BCUT2D eigenvalue weighted by Crippen LogP contribution is 2.29. The van der Waals surface area contributed by atoms with Gasteiger partial charge in [-0.2, -0.15) is 0 Å². The lowest BCUT2D eigenvalue weighted by Gasteiger charge is -2.06. The van der Waals surface area contributed by atoms with Gasteiger partial charge in [0.1, 0.15) is 6.10 Å². The van der Waals surface area contributed by atoms with E-state index >= 15 is 0 Å². The van der Waals surface area contributed by atoms with Gasteiger partial charge in [-0.25, -0.2) is 0 Å². The van der Waals surface area contributed by atoms with E-state index in [0.29, 0.717) is 17.0 Å². The molecular formula is C8H9BrO4. The van der Waals surface area contributed by atoms with Crippen LogP contribution in [0.4, 0.5) is 0 Å². The fraction of sp³-hybridized carbons (Fsp3) is 0.500. The Bertz CT molecular complexity index is 285. The van der Waals surface area contributed by atoms with Crippen LogP contribution < -0.4 is 0 Å². The molecule has 0 saturated carbocycles. The number of halogens is 1. The lowest BCUT2D eigenvalue weighted by atomic mass is 10.4. The van der Waals surface area contributed by atoms with Crippen molar-refractivity contribution >= 4 is 15.9 Å². The molecular weight excluding hydrogens is 240 g/mol. The monoisotopic (exact) mass is 248 g/mol. The summed E-state index contributed by atoms with van der Waals surface area (Å²) in [6.45, 7) is 0.373. The Kier molecular flexibility index (Phi) is 2.69. The summed E-state index contributed by atoms with van der Waals surface area (Å²) in [6.07, 6.45) is -0.725. The smallest absolute Gasteiger partial charge is 0.217 e. The molecule has 0 spiro atoms. The minimum Gasteiger partial charge on any atom is -0.449 e. The molecule has 1 saturated heterocycles. The minimum atomic E-state index is -0.483. The fourth-order valence-electron chi connectivity index (χ4n) is 1.15. The van der Waals surface area contributed by atoms with Crippen molar-refractivity contribution < 1.29 is 19.0 Å². The van der Waals surface area contributed by atoms with E-state index in [2.05, 4.69) is 15.9 Å². The average molecular weight is 249 g/mol. The zero-order chi connectivity index (χ0) is 9.26. The zero-order valence-corrected chi connectivity index (χ0v) is 8.36. The molecule has 1 aromatic heterocycles. The van der Waals surface area contributed by atoms with Gasteiger partial charge in [-0.15, -0.1) is 0 Å². The van der Waals surface area contributed by atoms with Gasteiger partial charge < -0.3 is 19.0 Å². The molecule has 4 nitrogen and oxygen atoms in total. The first-order chi connectivity index (χ1) is 6.29. The van der Waals surface area contributed by atoms with Crippen LogP contribution in [0.1, 0.15) is 12.1 Å². The Morgan fingerprint density at radius 2 is 2.38 bits per heavy atom. The molecule has 1 fully saturated rings. The van der Waals surface area contributed by atoms with Crippen molar-refractivity contribution in [2.45, 2.75) is 12.4 Å². The Morgan fingerprint density at radius 3 is 2.92 bits per heavy atom. The second-order valence-electron chi connectivity index (χ2n) is 2.75. The second-order valence-corrected chi connectivity index (χ2v) is 3.53. The summed E-state index contributed by atoms with van der Waals surface area (Å²) in [4.78, 5) is 0. The molecule has 0 bridgehead atoms. The molecule has 2 unspecified atom stereocenters. The quantitative estimate of drug-likeness (QED) is 0.861. The molecule has 72 valence electrons. The highest BCUT2D eigenvalue weighted by Gasteiger charge is 2.28. The summed E-state index contributed by atoms with van der Waals surface area (Å²) >= 11 is 3.18. The number of ether oxygens (including phenoxy) is 2. The van der Waals surface area contributed by atoms with Crippen molar-refractivity contribution in [2.75, 3.05) is 13.2 Å². The molecule has 0 amide bonds. The number of furan rings is 1. The highest BCUT2D eigenvalue weighted by atomic mass is 79.9. The fourth-order valence-corrected chi connectivity index (χ4v) is 1.47. The first-order valence-electron chi connectivity index (χ1n) is 3.93. The van der Waals surface area contributed by atoms with E-state index in [1.807, 2.05) is 0 Å². The van der Waals surface area contributed by atoms with E-state index in [1.165, 1.54) is 0 Å². The summed E-state index contributed by atoms with van der Waals surface area (Å²) in [7, 11) is 0. The highest BCUT2D eigenvalue weighted by molar-refractivity contribution is 9.10. The third-order valence-electron chi connectivity index (χ3n) is 1.78. The minimum absolute atomic E-state index is 0.0294. The molecule has 5 heteroatoms. The predicted octanol–water partition coefficient (Wildman–Crippen LogP) is 1.45. The van der Waals surface area contributed by atoms with Gasteiger partial charge >= 0.3 is 0 Å². The Balaban J connectivity index is 2.03. The largest absolute Gasteiger partial charge is 0.449 e. The molecule has 2 atom stereocenters. The maximum atomic E-state index is 8.79. The Morgan fingerprint density at radius 1 is 1.54 bits per heavy atom. The summed E-state index contributed by atoms with van der Waals surface area (Å²) in [5, 5.41) is 8.79. The number of hydrogen-bond donors (Lipinski definition) is 1. The van der Waals surface area contributed by atoms with E-state index in [9.17, 15) is 0 Å². The van der Waals surface area contributed by atoms with Crippen LogP contribution in [0.3, 0.4) is 0 Å². The maximum absolute atomic E-state index is 8.79. The zero-order valence-electron chi connectivity index (χ0n) is 6.77. The summed E-state index contributed by atoms with van der Waals surface area (Å²) in [5.41, 5.74) is 0. The van der Waals surface area contributed by atoms with E-state index < -0.39 is 6.29 Å². The van der Waals surface area contributed by atoms with Crippen LogP contribution in [0, 0.1) is 0 Å². The van der Waals surface area contributed by atoms with Gasteiger partial charge in [0.15, 0.2) is 10.4 Å². The van der Waals surface area contributed by atoms with Gasteiger partial charge in [0.05, 0.1) is 13.2 Å². The van der Waals surface area contributed by atoms with Crippen LogP contribution in [0.25, 0.3) is 0 Å². The van der Waals surface area contributed by atoms with Crippen LogP contribution in [-0.4, -0.2) is 24.4 Å². The lowest BCUT2D eigenvalue weighted by Crippen LogP contribution is -2.14. The molecule has 1 aromatic rings. The first kappa shape index (κ1) is 9.21. The van der Waals surface area contributed by atoms with Crippen LogP contribution in [-0.2, 0) is 9.47 Å². The molecule has 1 aliphatic rings. The Labute approximate surface area is 83.6 Å². The topological polar surface area (TPSA) is 51.8 Å². The van der Waals surface area contributed by atoms with Crippen molar-refractivity contribution in [3.63, 3.8) is 0 Å². The third-order valence-corrected chi connectivity index (χ3v) is 2.21. The van der Waals surface area contributed by atoms with E-state index in [0.717, 1.165) is 0 Å². The van der Waals surface area contributed by atoms with Gasteiger partial charge in [0.2, 0.25) is 6.29 Å². The normalized spacial score (nSPS) is 28.2. The first-order valence-corrected chi connectivity index (χ1v) is 4.72. The predicted molar refractivity (Wildman–Crippen MR) is 47.1 cm³/mol. The molecule has 1 N–H and O–H groups in total. The van der Waals surface area contributed by atoms with E-state index in [1.54, 1.807) is 12.1 Å². The van der Waals surface area contributed by atoms with Crippen molar-refractivity contribution in [1.82, 2.24) is 0 Å². The number of rotatable bonds is 2. The van der Waals surface area contributed by atoms with Gasteiger partial charge in [-0.3, -0.25) is 0 Å². The average Bonchev–Trinajstić information content (AvgIpc) is 2.71. The van der Waals surface area contributed by atoms with Gasteiger partial charge in [0.25, 0.3) is 0 Å². The lowest BCUT2D eigenvalue weighted by molar-refractivity contribution is -0.0806. The maximum Gasteiger partial charge on any atom is 0.217 e. The van der Waals surface area contributed by atoms with Gasteiger partial charge in [0, 0.05) is 0 Å². The van der Waals surface area contributed by atoms with Gasteiger partial charge in [-0.1, -0.05) is 0 Å². The molecule has 1 aliphatic heterocycles. The van der Waals surface area contributed by atoms with Crippen LogP contribution in [0.2, 0.25) is 0 Å². The number of aliphatic hydroxyl groups is 1. The summed E-state index contributed by atoms with van der Waals surface area (Å²) in [5.74, 6) is 0.614. The number of hydrogen-bond acceptors (Lipinski definition) is 4. The van der Waals surface area contributed by atoms with E-state index in [4.69, 9.17) is 19.0 Å². The SMILES string of the molecule is OCC1COC(c2ccc(Br)o2)O1.